The van der Waals surface area contributed by atoms with Crippen molar-refractivity contribution >= 4 is 34.8 Å². The Labute approximate surface area is 230 Å². The number of carboxylic acids is 2. The van der Waals surface area contributed by atoms with Crippen molar-refractivity contribution in [3.8, 4) is 11.5 Å². The van der Waals surface area contributed by atoms with Gasteiger partial charge in [0.2, 0.25) is 5.24 Å². The molecule has 2 aromatic carbocycles. The summed E-state index contributed by atoms with van der Waals surface area (Å²) in [6.07, 6.45) is 3.32. The zero-order valence-corrected chi connectivity index (χ0v) is 22.0. The van der Waals surface area contributed by atoms with Crippen molar-refractivity contribution in [3.05, 3.63) is 85.0 Å². The maximum atomic E-state index is 10.9. The van der Waals surface area contributed by atoms with Gasteiger partial charge in [-0.25, -0.2) is 4.79 Å². The van der Waals surface area contributed by atoms with Gasteiger partial charge in [0.15, 0.2) is 0 Å². The third kappa shape index (κ3) is 21.3. The van der Waals surface area contributed by atoms with E-state index in [0.29, 0.717) is 18.6 Å². The zero-order valence-electron chi connectivity index (χ0n) is 19.2. The summed E-state index contributed by atoms with van der Waals surface area (Å²) in [6, 6.07) is 13.3. The molecule has 0 aliphatic rings. The number of phenolic OH excluding ortho intramolecular Hbond substituents is 1. The van der Waals surface area contributed by atoms with Crippen LogP contribution in [0, 0.1) is 0 Å². The molecule has 184 valence electrons. The molecule has 0 amide bonds. The Kier molecular flexibility index (Phi) is 22.6. The first-order valence-corrected chi connectivity index (χ1v) is 9.91. The van der Waals surface area contributed by atoms with Crippen LogP contribution in [0.15, 0.2) is 73.8 Å². The number of hydrogen-bond acceptors (Lipinski definition) is 7. The Bertz CT molecular complexity index is 942. The summed E-state index contributed by atoms with van der Waals surface area (Å²) in [7, 11) is 0. The van der Waals surface area contributed by atoms with E-state index < -0.39 is 23.2 Å². The maximum Gasteiger partial charge on any atom is 1.00 e. The molecule has 0 saturated heterocycles. The van der Waals surface area contributed by atoms with Gasteiger partial charge < -0.3 is 25.5 Å². The van der Waals surface area contributed by atoms with Gasteiger partial charge in [-0.15, -0.1) is 0 Å². The number of aryl methyl sites for hydroxylation is 2. The smallest absolute Gasteiger partial charge is 0.870 e. The normalized spacial score (nSPS) is 8.60. The van der Waals surface area contributed by atoms with Crippen LogP contribution >= 0.6 is 11.6 Å². The third-order valence-electron chi connectivity index (χ3n) is 3.66. The molecule has 35 heavy (non-hydrogen) atoms. The molecule has 0 fully saturated rings. The number of aliphatic carboxylic acids is 2. The molecule has 0 aliphatic carbocycles. The minimum Gasteiger partial charge on any atom is -0.870 e. The van der Waals surface area contributed by atoms with Crippen LogP contribution in [0.3, 0.4) is 0 Å². The van der Waals surface area contributed by atoms with Gasteiger partial charge in [-0.2, -0.15) is 0 Å². The zero-order chi connectivity index (χ0) is 25.2. The number of carbonyl (C=O) groups excluding carboxylic acids is 2. The summed E-state index contributed by atoms with van der Waals surface area (Å²) in [6.45, 7) is 6.36. The Hall–Kier alpha value is -2.95. The van der Waals surface area contributed by atoms with Gasteiger partial charge in [0.05, 0.1) is 0 Å². The van der Waals surface area contributed by atoms with Gasteiger partial charge in [0.25, 0.3) is 0 Å². The van der Waals surface area contributed by atoms with Gasteiger partial charge in [0, 0.05) is 18.9 Å². The number of halogens is 1. The molecule has 0 aromatic heterocycles. The van der Waals surface area contributed by atoms with Gasteiger partial charge in [-0.1, -0.05) is 37.4 Å². The largest absolute Gasteiger partial charge is 1.00 e. The van der Waals surface area contributed by atoms with Crippen molar-refractivity contribution < 1.29 is 74.3 Å². The molecule has 0 heterocycles. The second-order valence-corrected chi connectivity index (χ2v) is 6.60. The average molecular weight is 517 g/mol. The number of benzene rings is 2. The quantitative estimate of drug-likeness (QED) is 0.144. The summed E-state index contributed by atoms with van der Waals surface area (Å²) >= 11 is 4.71. The second-order valence-electron chi connectivity index (χ2n) is 6.23. The van der Waals surface area contributed by atoms with E-state index in [9.17, 15) is 19.2 Å². The van der Waals surface area contributed by atoms with E-state index in [2.05, 4.69) is 13.2 Å². The van der Waals surface area contributed by atoms with Gasteiger partial charge >= 0.3 is 47.5 Å². The Balaban J connectivity index is -0.000000479. The maximum absolute atomic E-state index is 10.9. The molecule has 0 aliphatic heterocycles. The number of aromatic hydroxyl groups is 1. The van der Waals surface area contributed by atoms with Crippen LogP contribution in [0.25, 0.3) is 0 Å². The van der Waals surface area contributed by atoms with Crippen molar-refractivity contribution in [2.45, 2.75) is 25.7 Å². The second kappa shape index (κ2) is 21.6. The van der Waals surface area contributed by atoms with Gasteiger partial charge in [-0.05, 0) is 65.9 Å². The molecule has 0 radical (unpaired) electrons. The minimum atomic E-state index is -0.831. The Morgan fingerprint density at radius 1 is 0.800 bits per heavy atom. The topological polar surface area (TPSA) is 168 Å². The SMILES string of the molecule is C=CC(=O)Cl.C=CC(=O)Oc1ccc(CCC(=O)O)cc1.O=C(O)CCc1ccc(O)cc1.[Na+].[OH-]. The van der Waals surface area contributed by atoms with E-state index >= 15 is 0 Å². The van der Waals surface area contributed by atoms with Crippen LogP contribution in [-0.2, 0) is 32.0 Å². The monoisotopic (exact) mass is 516 g/mol. The number of hydrogen-bond donors (Lipinski definition) is 3. The summed E-state index contributed by atoms with van der Waals surface area (Å²) in [5.74, 6) is -1.53. The van der Waals surface area contributed by atoms with Crippen LogP contribution in [-0.4, -0.2) is 43.9 Å². The van der Waals surface area contributed by atoms with E-state index in [-0.39, 0.29) is 53.6 Å². The van der Waals surface area contributed by atoms with Gasteiger partial charge in [-0.3, -0.25) is 14.4 Å². The fraction of sp³-hybridized carbons (Fsp3) is 0.167. The molecule has 0 bridgehead atoms. The molecular weight excluding hydrogens is 491 g/mol. The van der Waals surface area contributed by atoms with E-state index in [1.165, 1.54) is 0 Å². The van der Waals surface area contributed by atoms with Crippen LogP contribution in [0.5, 0.6) is 11.5 Å². The summed E-state index contributed by atoms with van der Waals surface area (Å²) in [5.41, 5.74) is 1.82. The standard InChI is InChI=1S/C12H12O4.C9H10O3.C3H3ClO.Na.H2O/c1-2-12(15)16-10-6-3-9(4-7-10)5-8-11(13)14;10-8-4-1-7(2-5-8)3-6-9(11)12;1-2-3(4)5;;/h2-4,6-7H,1,5,8H2,(H,13,14);1-2,4-5,10H,3,6H2,(H,11,12);2H,1H2;;1H2/q;;;+1;/p-1. The number of rotatable bonds is 9. The first-order chi connectivity index (χ1) is 15.6. The average Bonchev–Trinajstić information content (AvgIpc) is 2.79. The number of carboxylic acid groups (broad SMARTS) is 2. The fourth-order valence-electron chi connectivity index (χ4n) is 2.05. The fourth-order valence-corrected chi connectivity index (χ4v) is 2.05. The van der Waals surface area contributed by atoms with E-state index in [1.807, 2.05) is 0 Å². The van der Waals surface area contributed by atoms with E-state index in [0.717, 1.165) is 23.3 Å². The van der Waals surface area contributed by atoms with Crippen LogP contribution in [0.1, 0.15) is 24.0 Å². The van der Waals surface area contributed by atoms with Crippen molar-refractivity contribution in [1.29, 1.82) is 0 Å². The summed E-state index contributed by atoms with van der Waals surface area (Å²) < 4.78 is 4.87. The molecule has 4 N–H and O–H groups in total. The Morgan fingerprint density at radius 2 is 1.17 bits per heavy atom. The molecular formula is C24H26ClNaO9. The van der Waals surface area contributed by atoms with Crippen molar-refractivity contribution in [1.82, 2.24) is 0 Å². The predicted octanol–water partition coefficient (Wildman–Crippen LogP) is 0.970. The minimum absolute atomic E-state index is 0. The Morgan fingerprint density at radius 3 is 1.49 bits per heavy atom. The summed E-state index contributed by atoms with van der Waals surface area (Å²) in [4.78, 5) is 40.9. The first-order valence-electron chi connectivity index (χ1n) is 9.54. The molecule has 0 spiro atoms. The van der Waals surface area contributed by atoms with Crippen molar-refractivity contribution in [3.63, 3.8) is 0 Å². The van der Waals surface area contributed by atoms with E-state index in [4.69, 9.17) is 31.7 Å². The third-order valence-corrected chi connectivity index (χ3v) is 3.81. The number of ether oxygens (including phenoxy) is 1. The van der Waals surface area contributed by atoms with Crippen LogP contribution < -0.4 is 34.3 Å². The van der Waals surface area contributed by atoms with Crippen LogP contribution in [0.4, 0.5) is 0 Å². The molecule has 0 saturated carbocycles. The molecule has 11 heteroatoms. The number of carbonyl (C=O) groups is 4. The predicted molar refractivity (Wildman–Crippen MR) is 125 cm³/mol. The van der Waals surface area contributed by atoms with Crippen molar-refractivity contribution in [2.24, 2.45) is 0 Å². The first kappa shape index (κ1) is 36.6. The molecule has 2 rings (SSSR count). The molecule has 0 atom stereocenters. The number of allylic oxidation sites excluding steroid dienone is 1. The molecule has 0 unspecified atom stereocenters. The number of phenols is 1. The van der Waals surface area contributed by atoms with Crippen molar-refractivity contribution in [2.75, 3.05) is 0 Å². The van der Waals surface area contributed by atoms with Crippen LogP contribution in [0.2, 0.25) is 0 Å². The summed E-state index contributed by atoms with van der Waals surface area (Å²) in [5, 5.41) is 25.3. The van der Waals surface area contributed by atoms with E-state index in [1.54, 1.807) is 48.5 Å². The molecule has 2 aromatic rings. The molecule has 9 nitrogen and oxygen atoms in total. The van der Waals surface area contributed by atoms with Gasteiger partial charge in [0.1, 0.15) is 11.5 Å². The number of esters is 1.